The van der Waals surface area contributed by atoms with E-state index in [0.717, 1.165) is 16.0 Å². The lowest BCUT2D eigenvalue weighted by Gasteiger charge is -2.28. The SMILES string of the molecule is CC(C)(C)OC(=O)N(C(=O)OC(C)(C)C)c1cc2cc-2c1.OBO. The molecule has 0 aromatic heterocycles. The van der Waals surface area contributed by atoms with Crippen molar-refractivity contribution in [3.63, 3.8) is 0 Å². The zero-order valence-corrected chi connectivity index (χ0v) is 14.9. The van der Waals surface area contributed by atoms with Gasteiger partial charge in [0.25, 0.3) is 0 Å². The number of anilines is 1. The lowest BCUT2D eigenvalue weighted by atomic mass is 10.2. The number of rotatable bonds is 1. The molecular weight excluding hydrogens is 313 g/mol. The number of carbonyl (C=O) groups is 2. The molecule has 2 rings (SSSR count). The molecule has 0 atom stereocenters. The van der Waals surface area contributed by atoms with Gasteiger partial charge in [-0.2, -0.15) is 4.90 Å². The van der Waals surface area contributed by atoms with Crippen molar-refractivity contribution in [1.82, 2.24) is 0 Å². The van der Waals surface area contributed by atoms with Gasteiger partial charge in [-0.1, -0.05) is 0 Å². The summed E-state index contributed by atoms with van der Waals surface area (Å²) in [5.74, 6) is 0. The summed E-state index contributed by atoms with van der Waals surface area (Å²) in [5.41, 5.74) is 1.16. The molecule has 0 heterocycles. The van der Waals surface area contributed by atoms with Gasteiger partial charge in [-0.25, -0.2) is 9.59 Å². The third-order valence-corrected chi connectivity index (χ3v) is 2.58. The Morgan fingerprint density at radius 2 is 1.21 bits per heavy atom. The maximum atomic E-state index is 12.3. The molecule has 0 bridgehead atoms. The summed E-state index contributed by atoms with van der Waals surface area (Å²) < 4.78 is 10.6. The molecule has 0 aromatic rings. The number of ether oxygens (including phenoxy) is 2. The van der Waals surface area contributed by atoms with Crippen LogP contribution in [0.25, 0.3) is 11.1 Å². The summed E-state index contributed by atoms with van der Waals surface area (Å²) in [4.78, 5) is 25.6. The summed E-state index contributed by atoms with van der Waals surface area (Å²) in [6.45, 7) is 10.5. The van der Waals surface area contributed by atoms with Crippen molar-refractivity contribution < 1.29 is 29.1 Å². The van der Waals surface area contributed by atoms with Crippen molar-refractivity contribution in [1.29, 1.82) is 0 Å². The normalized spacial score (nSPS) is 11.7. The summed E-state index contributed by atoms with van der Waals surface area (Å²) in [6.07, 6.45) is -1.47. The molecule has 0 saturated heterocycles. The summed E-state index contributed by atoms with van der Waals surface area (Å²) in [5, 5.41) is 14.2. The molecular formula is C16H24BNO6. The van der Waals surface area contributed by atoms with E-state index in [9.17, 15) is 9.59 Å². The minimum Gasteiger partial charge on any atom is -0.443 e. The number of fused-ring (bicyclic) bond motifs is 1. The molecule has 7 nitrogen and oxygen atoms in total. The van der Waals surface area contributed by atoms with Crippen molar-refractivity contribution >= 4 is 25.6 Å². The third kappa shape index (κ3) is 6.21. The van der Waals surface area contributed by atoms with Crippen molar-refractivity contribution in [2.45, 2.75) is 52.7 Å². The third-order valence-electron chi connectivity index (χ3n) is 2.58. The van der Waals surface area contributed by atoms with E-state index in [1.54, 1.807) is 53.7 Å². The Hall–Kier alpha value is -2.06. The Morgan fingerprint density at radius 1 is 0.875 bits per heavy atom. The number of imide groups is 1. The summed E-state index contributed by atoms with van der Waals surface area (Å²) in [6, 6.07) is 5.50. The highest BCUT2D eigenvalue weighted by Crippen LogP contribution is 2.40. The number of nitrogens with zero attached hydrogens (tertiary/aromatic N) is 1. The van der Waals surface area contributed by atoms with E-state index in [2.05, 4.69) is 0 Å². The zero-order valence-electron chi connectivity index (χ0n) is 14.9. The second-order valence-corrected chi connectivity index (χ2v) is 7.21. The fourth-order valence-corrected chi connectivity index (χ4v) is 1.77. The fraction of sp³-hybridized carbons (Fsp3) is 0.500. The molecule has 2 N–H and O–H groups in total. The van der Waals surface area contributed by atoms with Crippen molar-refractivity contribution in [3.05, 3.63) is 18.2 Å². The minimum atomic E-state index is -0.750. The lowest BCUT2D eigenvalue weighted by molar-refractivity contribution is 0.0431. The van der Waals surface area contributed by atoms with Crippen LogP contribution in [0.3, 0.4) is 0 Å². The Balaban J connectivity index is 0.000000891. The Bertz CT molecular complexity index is 570. The first-order valence-corrected chi connectivity index (χ1v) is 7.51. The van der Waals surface area contributed by atoms with Gasteiger partial charge < -0.3 is 19.5 Å². The van der Waals surface area contributed by atoms with Crippen LogP contribution in [-0.2, 0) is 9.47 Å². The first kappa shape index (κ1) is 20.0. The van der Waals surface area contributed by atoms with E-state index < -0.39 is 31.1 Å². The molecule has 0 unspecified atom stereocenters. The molecule has 0 radical (unpaired) electrons. The monoisotopic (exact) mass is 337 g/mol. The molecule has 0 aliphatic heterocycles. The van der Waals surface area contributed by atoms with Crippen LogP contribution in [0.2, 0.25) is 0 Å². The van der Waals surface area contributed by atoms with Crippen LogP contribution in [-0.4, -0.2) is 41.1 Å². The predicted octanol–water partition coefficient (Wildman–Crippen LogP) is 2.58. The second kappa shape index (κ2) is 7.23. The van der Waals surface area contributed by atoms with E-state index >= 15 is 0 Å². The number of benzene rings is 1. The standard InChI is InChI=1S/C16H21NO4.BH3O2/c1-15(2,3)20-13(18)17(14(19)21-16(4,5)6)12-8-10-7-11(10)9-12;2-1-3/h7-9H,1-6H3;1-3H. The van der Waals surface area contributed by atoms with Crippen LogP contribution in [0, 0.1) is 0 Å². The second-order valence-electron chi connectivity index (χ2n) is 7.21. The Morgan fingerprint density at radius 3 is 1.50 bits per heavy atom. The largest absolute Gasteiger partial charge is 0.443 e. The average molecular weight is 337 g/mol. The van der Waals surface area contributed by atoms with E-state index in [4.69, 9.17) is 19.5 Å². The highest BCUT2D eigenvalue weighted by Gasteiger charge is 2.34. The van der Waals surface area contributed by atoms with Crippen LogP contribution in [0.5, 0.6) is 0 Å². The van der Waals surface area contributed by atoms with Gasteiger partial charge in [0.1, 0.15) is 11.2 Å². The maximum Gasteiger partial charge on any atom is 0.432 e. The molecule has 132 valence electrons. The zero-order chi connectivity index (χ0) is 18.7. The van der Waals surface area contributed by atoms with Gasteiger partial charge in [-0.3, -0.25) is 0 Å². The van der Waals surface area contributed by atoms with E-state index in [1.165, 1.54) is 0 Å². The van der Waals surface area contributed by atoms with Gasteiger partial charge in [0.05, 0.1) is 5.69 Å². The first-order chi connectivity index (χ1) is 10.9. The molecule has 24 heavy (non-hydrogen) atoms. The summed E-state index contributed by atoms with van der Waals surface area (Å²) >= 11 is 0. The molecule has 8 heteroatoms. The maximum absolute atomic E-state index is 12.3. The number of hydrogen-bond donors (Lipinski definition) is 2. The van der Waals surface area contributed by atoms with Crippen LogP contribution >= 0.6 is 0 Å². The van der Waals surface area contributed by atoms with Crippen LogP contribution < -0.4 is 4.90 Å². The molecule has 0 spiro atoms. The molecule has 0 aromatic carbocycles. The van der Waals surface area contributed by atoms with Gasteiger partial charge >= 0.3 is 19.9 Å². The number of amides is 2. The summed E-state index contributed by atoms with van der Waals surface area (Å²) in [7, 11) is -0.750. The topological polar surface area (TPSA) is 96.3 Å². The van der Waals surface area contributed by atoms with Gasteiger partial charge in [0.15, 0.2) is 0 Å². The predicted molar refractivity (Wildman–Crippen MR) is 92.0 cm³/mol. The molecule has 0 fully saturated rings. The van der Waals surface area contributed by atoms with Crippen LogP contribution in [0.15, 0.2) is 18.2 Å². The quantitative estimate of drug-likeness (QED) is 0.777. The average Bonchev–Trinajstić information content (AvgIpc) is 2.93. The Labute approximate surface area is 142 Å². The highest BCUT2D eigenvalue weighted by atomic mass is 16.6. The molecule has 2 aliphatic rings. The first-order valence-electron chi connectivity index (χ1n) is 7.51. The molecule has 2 aliphatic carbocycles. The van der Waals surface area contributed by atoms with Crippen molar-refractivity contribution in [2.24, 2.45) is 0 Å². The highest BCUT2D eigenvalue weighted by molar-refractivity contribution is 6.13. The van der Waals surface area contributed by atoms with Gasteiger partial charge in [0.2, 0.25) is 0 Å². The molecule has 0 saturated carbocycles. The lowest BCUT2D eigenvalue weighted by Crippen LogP contribution is -2.43. The fourth-order valence-electron chi connectivity index (χ4n) is 1.77. The number of carbonyl (C=O) groups excluding carboxylic acids is 2. The Kier molecular flexibility index (Phi) is 6.02. The number of hydrogen-bond acceptors (Lipinski definition) is 6. The van der Waals surface area contributed by atoms with Crippen molar-refractivity contribution in [3.8, 4) is 11.1 Å². The van der Waals surface area contributed by atoms with Gasteiger partial charge in [-0.05, 0) is 70.9 Å². The van der Waals surface area contributed by atoms with Gasteiger partial charge in [-0.15, -0.1) is 0 Å². The minimum absolute atomic E-state index is 0.478. The van der Waals surface area contributed by atoms with Crippen LogP contribution in [0.4, 0.5) is 15.3 Å². The molecule has 2 amide bonds. The smallest absolute Gasteiger partial charge is 0.432 e. The van der Waals surface area contributed by atoms with E-state index in [0.29, 0.717) is 5.69 Å². The van der Waals surface area contributed by atoms with Crippen LogP contribution in [0.1, 0.15) is 41.5 Å². The van der Waals surface area contributed by atoms with Crippen molar-refractivity contribution in [2.75, 3.05) is 4.90 Å². The van der Waals surface area contributed by atoms with Gasteiger partial charge in [0, 0.05) is 0 Å². The van der Waals surface area contributed by atoms with E-state index in [1.807, 2.05) is 6.07 Å². The van der Waals surface area contributed by atoms with E-state index in [-0.39, 0.29) is 0 Å².